The normalized spacial score (nSPS) is 32.9. The summed E-state index contributed by atoms with van der Waals surface area (Å²) < 4.78 is 5.45. The summed E-state index contributed by atoms with van der Waals surface area (Å²) in [6, 6.07) is 0. The molecule has 1 aliphatic rings. The molecule has 0 unspecified atom stereocenters. The molecule has 1 fully saturated rings. The maximum atomic E-state index is 11.1. The molecule has 2 atom stereocenters. The molecule has 0 amide bonds. The molecule has 0 aliphatic carbocycles. The van der Waals surface area contributed by atoms with E-state index in [1.54, 1.807) is 6.92 Å². The zero-order chi connectivity index (χ0) is 8.65. The average Bonchev–Trinajstić information content (AvgIpc) is 2.11. The number of rotatable bonds is 0. The van der Waals surface area contributed by atoms with Gasteiger partial charge in [0.2, 0.25) is 5.12 Å². The summed E-state index contributed by atoms with van der Waals surface area (Å²) in [5, 5.41) is 0.157. The van der Waals surface area contributed by atoms with Crippen molar-refractivity contribution >= 4 is 16.9 Å². The van der Waals surface area contributed by atoms with Gasteiger partial charge < -0.3 is 4.74 Å². The monoisotopic (exact) mass is 174 g/mol. The molecule has 2 nitrogen and oxygen atoms in total. The zero-order valence-electron chi connectivity index (χ0n) is 7.38. The zero-order valence-corrected chi connectivity index (χ0v) is 8.20. The van der Waals surface area contributed by atoms with E-state index in [9.17, 15) is 4.79 Å². The molecule has 0 N–H and O–H groups in total. The molecule has 1 rings (SSSR count). The predicted molar refractivity (Wildman–Crippen MR) is 46.4 cm³/mol. The Morgan fingerprint density at radius 1 is 1.45 bits per heavy atom. The number of hydrogen-bond acceptors (Lipinski definition) is 3. The smallest absolute Gasteiger partial charge is 0.219 e. The maximum absolute atomic E-state index is 11.1. The molecule has 1 saturated heterocycles. The van der Waals surface area contributed by atoms with Crippen LogP contribution in [-0.2, 0) is 9.53 Å². The van der Waals surface area contributed by atoms with Crippen molar-refractivity contribution in [1.82, 2.24) is 0 Å². The molecule has 64 valence electrons. The fraction of sp³-hybridized carbons (Fsp3) is 0.875. The Labute approximate surface area is 71.7 Å². The third-order valence-electron chi connectivity index (χ3n) is 1.59. The molecule has 0 bridgehead atoms. The van der Waals surface area contributed by atoms with Gasteiger partial charge in [0.05, 0.1) is 0 Å². The largest absolute Gasteiger partial charge is 0.355 e. The Hall–Kier alpha value is -0.0200. The molecule has 0 aromatic rings. The van der Waals surface area contributed by atoms with Crippen molar-refractivity contribution in [2.45, 2.75) is 39.2 Å². The molecule has 1 heterocycles. The number of carbonyl (C=O) groups excluding carboxylic acids is 1. The highest BCUT2D eigenvalue weighted by atomic mass is 32.2. The number of carbonyl (C=O) groups is 1. The van der Waals surface area contributed by atoms with Crippen LogP contribution in [0.2, 0.25) is 0 Å². The van der Waals surface area contributed by atoms with Crippen molar-refractivity contribution < 1.29 is 9.53 Å². The van der Waals surface area contributed by atoms with E-state index in [1.165, 1.54) is 11.8 Å². The van der Waals surface area contributed by atoms with Crippen LogP contribution in [0, 0.1) is 5.41 Å². The van der Waals surface area contributed by atoms with Gasteiger partial charge in [-0.05, 0) is 12.3 Å². The Balaban J connectivity index is 2.61. The van der Waals surface area contributed by atoms with Crippen molar-refractivity contribution in [2.24, 2.45) is 5.41 Å². The van der Waals surface area contributed by atoms with Crippen LogP contribution in [-0.4, -0.2) is 16.7 Å². The highest BCUT2D eigenvalue weighted by Gasteiger charge is 2.38. The van der Waals surface area contributed by atoms with Gasteiger partial charge in [0.25, 0.3) is 0 Å². The van der Waals surface area contributed by atoms with Crippen molar-refractivity contribution in [2.75, 3.05) is 0 Å². The van der Waals surface area contributed by atoms with Gasteiger partial charge in [0.1, 0.15) is 11.5 Å². The highest BCUT2D eigenvalue weighted by Crippen LogP contribution is 2.38. The Morgan fingerprint density at radius 3 is 2.18 bits per heavy atom. The Bertz CT molecular complexity index is 171. The molecule has 3 heteroatoms. The molecule has 0 aromatic heterocycles. The van der Waals surface area contributed by atoms with Gasteiger partial charge in [-0.25, -0.2) is 0 Å². The number of thioether (sulfide) groups is 1. The summed E-state index contributed by atoms with van der Waals surface area (Å²) in [5.41, 5.74) is 0.0930. The lowest BCUT2D eigenvalue weighted by Crippen LogP contribution is -2.23. The van der Waals surface area contributed by atoms with Crippen LogP contribution in [0.4, 0.5) is 0 Å². The SMILES string of the molecule is C[C@H]1O[C@@H](C(C)(C)C)SC1=O. The highest BCUT2D eigenvalue weighted by molar-refractivity contribution is 8.14. The van der Waals surface area contributed by atoms with E-state index < -0.39 is 0 Å². The average molecular weight is 174 g/mol. The summed E-state index contributed by atoms with van der Waals surface area (Å²) in [4.78, 5) is 11.1. The van der Waals surface area contributed by atoms with Crippen LogP contribution < -0.4 is 0 Å². The molecule has 0 radical (unpaired) electrons. The van der Waals surface area contributed by atoms with Crippen LogP contribution >= 0.6 is 11.8 Å². The fourth-order valence-electron chi connectivity index (χ4n) is 0.851. The van der Waals surface area contributed by atoms with E-state index in [1.807, 2.05) is 0 Å². The van der Waals surface area contributed by atoms with Gasteiger partial charge in [-0.3, -0.25) is 4.79 Å². The minimum atomic E-state index is -0.218. The molecule has 11 heavy (non-hydrogen) atoms. The first-order valence-electron chi connectivity index (χ1n) is 3.77. The quantitative estimate of drug-likeness (QED) is 0.562. The third kappa shape index (κ3) is 1.97. The lowest BCUT2D eigenvalue weighted by atomic mass is 9.98. The Kier molecular flexibility index (Phi) is 2.30. The second kappa shape index (κ2) is 2.79. The van der Waals surface area contributed by atoms with Gasteiger partial charge in [-0.15, -0.1) is 0 Å². The summed E-state index contributed by atoms with van der Waals surface area (Å²) in [6.07, 6.45) is -0.218. The van der Waals surface area contributed by atoms with E-state index in [2.05, 4.69) is 20.8 Å². The molecular formula is C8H14O2S. The first-order valence-corrected chi connectivity index (χ1v) is 4.65. The Morgan fingerprint density at radius 2 is 2.00 bits per heavy atom. The lowest BCUT2D eigenvalue weighted by Gasteiger charge is -2.24. The van der Waals surface area contributed by atoms with Crippen LogP contribution in [0.3, 0.4) is 0 Å². The fourth-order valence-corrected chi connectivity index (χ4v) is 1.88. The molecule has 0 saturated carbocycles. The van der Waals surface area contributed by atoms with Crippen LogP contribution in [0.5, 0.6) is 0 Å². The van der Waals surface area contributed by atoms with Crippen molar-refractivity contribution in [1.29, 1.82) is 0 Å². The summed E-state index contributed by atoms with van der Waals surface area (Å²) in [5.74, 6) is 0. The minimum Gasteiger partial charge on any atom is -0.355 e. The number of hydrogen-bond donors (Lipinski definition) is 0. The minimum absolute atomic E-state index is 0.0324. The van der Waals surface area contributed by atoms with Gasteiger partial charge >= 0.3 is 0 Å². The van der Waals surface area contributed by atoms with E-state index in [0.29, 0.717) is 0 Å². The van der Waals surface area contributed by atoms with Gasteiger partial charge in [-0.1, -0.05) is 32.5 Å². The first kappa shape index (κ1) is 9.07. The van der Waals surface area contributed by atoms with Gasteiger partial charge in [0, 0.05) is 0 Å². The summed E-state index contributed by atoms with van der Waals surface area (Å²) >= 11 is 1.32. The van der Waals surface area contributed by atoms with E-state index in [4.69, 9.17) is 4.74 Å². The van der Waals surface area contributed by atoms with Gasteiger partial charge in [0.15, 0.2) is 0 Å². The molecule has 1 aliphatic heterocycles. The first-order chi connectivity index (χ1) is 4.91. The molecule has 0 aromatic carbocycles. The van der Waals surface area contributed by atoms with Crippen molar-refractivity contribution in [3.05, 3.63) is 0 Å². The van der Waals surface area contributed by atoms with Crippen LogP contribution in [0.25, 0.3) is 0 Å². The third-order valence-corrected chi connectivity index (χ3v) is 3.19. The summed E-state index contributed by atoms with van der Waals surface area (Å²) in [6.45, 7) is 8.04. The van der Waals surface area contributed by atoms with Crippen LogP contribution in [0.1, 0.15) is 27.7 Å². The predicted octanol–water partition coefficient (Wildman–Crippen LogP) is 2.04. The van der Waals surface area contributed by atoms with Crippen LogP contribution in [0.15, 0.2) is 0 Å². The standard InChI is InChI=1S/C8H14O2S/c1-5-6(9)11-7(10-5)8(2,3)4/h5,7H,1-4H3/t5-,7-/m1/s1. The second-order valence-electron chi connectivity index (χ2n) is 3.91. The lowest BCUT2D eigenvalue weighted by molar-refractivity contribution is -0.119. The van der Waals surface area contributed by atoms with E-state index >= 15 is 0 Å². The molecule has 0 spiro atoms. The molecular weight excluding hydrogens is 160 g/mol. The maximum Gasteiger partial charge on any atom is 0.219 e. The van der Waals surface area contributed by atoms with E-state index in [0.717, 1.165) is 0 Å². The second-order valence-corrected chi connectivity index (χ2v) is 4.98. The van der Waals surface area contributed by atoms with Crippen molar-refractivity contribution in [3.63, 3.8) is 0 Å². The topological polar surface area (TPSA) is 26.3 Å². The summed E-state index contributed by atoms with van der Waals surface area (Å²) in [7, 11) is 0. The number of ether oxygens (including phenoxy) is 1. The van der Waals surface area contributed by atoms with Gasteiger partial charge in [-0.2, -0.15) is 0 Å². The van der Waals surface area contributed by atoms with Crippen molar-refractivity contribution in [3.8, 4) is 0 Å². The van der Waals surface area contributed by atoms with E-state index in [-0.39, 0.29) is 22.1 Å².